The van der Waals surface area contributed by atoms with Crippen LogP contribution in [0.1, 0.15) is 70.2 Å². The number of fused-ring (bicyclic) bond motifs is 1. The fraction of sp³-hybridized carbons (Fsp3) is 0.667. The minimum absolute atomic E-state index is 0.0572. The summed E-state index contributed by atoms with van der Waals surface area (Å²) in [6, 6.07) is 3.10. The number of carbonyl (C=O) groups excluding carboxylic acids is 2. The first-order chi connectivity index (χ1) is 15.7. The van der Waals surface area contributed by atoms with Crippen molar-refractivity contribution in [3.8, 4) is 6.07 Å². The molecule has 3 atom stereocenters. The number of nitriles is 1. The molecule has 1 aliphatic heterocycles. The van der Waals surface area contributed by atoms with Gasteiger partial charge in [-0.3, -0.25) is 9.78 Å². The van der Waals surface area contributed by atoms with Crippen LogP contribution in [-0.4, -0.2) is 40.1 Å². The Morgan fingerprint density at radius 1 is 1.38 bits per heavy atom. The third kappa shape index (κ3) is 5.99. The Bertz CT molecular complexity index is 983. The predicted octanol–water partition coefficient (Wildman–Crippen LogP) is 4.60. The smallest absolute Gasteiger partial charge is 0.417 e. The van der Waals surface area contributed by atoms with Crippen molar-refractivity contribution >= 4 is 12.0 Å². The zero-order valence-electron chi connectivity index (χ0n) is 20.0. The van der Waals surface area contributed by atoms with E-state index in [4.69, 9.17) is 4.74 Å². The maximum atomic E-state index is 13.2. The molecule has 1 fully saturated rings. The van der Waals surface area contributed by atoms with Crippen molar-refractivity contribution in [1.82, 2.24) is 15.2 Å². The van der Waals surface area contributed by atoms with Crippen molar-refractivity contribution in [3.63, 3.8) is 0 Å². The van der Waals surface area contributed by atoms with Gasteiger partial charge < -0.3 is 15.0 Å². The molecular weight excluding hydrogens is 449 g/mol. The van der Waals surface area contributed by atoms with E-state index in [1.165, 1.54) is 0 Å². The van der Waals surface area contributed by atoms with Crippen LogP contribution in [0.3, 0.4) is 0 Å². The minimum atomic E-state index is -4.50. The number of aromatic nitrogens is 1. The lowest BCUT2D eigenvalue weighted by Crippen LogP contribution is -2.42. The lowest BCUT2D eigenvalue weighted by molar-refractivity contribution is -0.137. The van der Waals surface area contributed by atoms with Crippen LogP contribution in [0, 0.1) is 22.7 Å². The van der Waals surface area contributed by atoms with E-state index >= 15 is 0 Å². The normalized spacial score (nSPS) is 23.6. The Morgan fingerprint density at radius 2 is 2.09 bits per heavy atom. The molecule has 0 saturated heterocycles. The minimum Gasteiger partial charge on any atom is -0.444 e. The second-order valence-electron chi connectivity index (χ2n) is 10.4. The predicted molar refractivity (Wildman–Crippen MR) is 117 cm³/mol. The Hall–Kier alpha value is -2.83. The van der Waals surface area contributed by atoms with Crippen molar-refractivity contribution < 1.29 is 27.5 Å². The lowest BCUT2D eigenvalue weighted by atomic mass is 9.72. The highest BCUT2D eigenvalue weighted by molar-refractivity contribution is 5.77. The highest BCUT2D eigenvalue weighted by Crippen LogP contribution is 2.47. The van der Waals surface area contributed by atoms with Gasteiger partial charge in [0.2, 0.25) is 5.91 Å². The van der Waals surface area contributed by atoms with Gasteiger partial charge in [-0.15, -0.1) is 0 Å². The zero-order chi connectivity index (χ0) is 25.3. The van der Waals surface area contributed by atoms with Crippen LogP contribution >= 0.6 is 0 Å². The molecule has 7 nitrogen and oxygen atoms in total. The van der Waals surface area contributed by atoms with E-state index in [0.717, 1.165) is 12.3 Å². The molecule has 3 rings (SSSR count). The molecule has 0 radical (unpaired) electrons. The summed E-state index contributed by atoms with van der Waals surface area (Å²) in [5.74, 6) is -0.638. The van der Waals surface area contributed by atoms with Crippen LogP contribution in [0.4, 0.5) is 18.0 Å². The number of halogens is 3. The Balaban J connectivity index is 1.70. The Morgan fingerprint density at radius 3 is 2.71 bits per heavy atom. The summed E-state index contributed by atoms with van der Waals surface area (Å²) in [6.07, 6.45) is -2.09. The molecule has 0 bridgehead atoms. The highest BCUT2D eigenvalue weighted by Gasteiger charge is 2.46. The Labute approximate surface area is 197 Å². The van der Waals surface area contributed by atoms with Gasteiger partial charge in [-0.05, 0) is 64.0 Å². The van der Waals surface area contributed by atoms with Gasteiger partial charge in [0, 0.05) is 49.8 Å². The van der Waals surface area contributed by atoms with Crippen molar-refractivity contribution in [2.24, 2.45) is 11.3 Å². The van der Waals surface area contributed by atoms with E-state index in [0.29, 0.717) is 43.5 Å². The number of nitrogens with one attached hydrogen (secondary N) is 1. The fourth-order valence-electron chi connectivity index (χ4n) is 4.80. The highest BCUT2D eigenvalue weighted by atomic mass is 19.4. The molecule has 186 valence electrons. The topological polar surface area (TPSA) is 95.3 Å². The number of nitrogens with zero attached hydrogens (tertiary/aromatic N) is 3. The third-order valence-electron chi connectivity index (χ3n) is 6.70. The van der Waals surface area contributed by atoms with E-state index in [1.54, 1.807) is 32.6 Å². The monoisotopic (exact) mass is 480 g/mol. The quantitative estimate of drug-likeness (QED) is 0.680. The molecule has 0 spiro atoms. The van der Waals surface area contributed by atoms with Crippen LogP contribution < -0.4 is 5.32 Å². The number of pyridine rings is 1. The molecule has 1 N–H and O–H groups in total. The number of alkyl carbamates (subject to hydrolysis) is 1. The molecule has 2 amide bonds. The number of ether oxygens (including phenoxy) is 1. The number of hydrogen-bond donors (Lipinski definition) is 1. The second-order valence-corrected chi connectivity index (χ2v) is 10.4. The maximum Gasteiger partial charge on any atom is 0.417 e. The summed E-state index contributed by atoms with van der Waals surface area (Å²) in [7, 11) is 0. The summed E-state index contributed by atoms with van der Waals surface area (Å²) in [5, 5.41) is 12.5. The molecule has 1 saturated carbocycles. The van der Waals surface area contributed by atoms with E-state index in [1.807, 2.05) is 0 Å². The molecule has 0 aromatic carbocycles. The summed E-state index contributed by atoms with van der Waals surface area (Å²) in [5.41, 5.74) is -1.13. The van der Waals surface area contributed by atoms with Gasteiger partial charge in [-0.1, -0.05) is 0 Å². The number of amides is 2. The third-order valence-corrected chi connectivity index (χ3v) is 6.70. The molecular formula is C24H31F3N4O3. The van der Waals surface area contributed by atoms with Gasteiger partial charge in [0.1, 0.15) is 5.60 Å². The summed E-state index contributed by atoms with van der Waals surface area (Å²) < 4.78 is 44.6. The average Bonchev–Trinajstić information content (AvgIpc) is 3.13. The zero-order valence-corrected chi connectivity index (χ0v) is 20.0. The average molecular weight is 481 g/mol. The lowest BCUT2D eigenvalue weighted by Gasteiger charge is -2.35. The fourth-order valence-corrected chi connectivity index (χ4v) is 4.80. The first-order valence-corrected chi connectivity index (χ1v) is 11.4. The van der Waals surface area contributed by atoms with Crippen LogP contribution in [0.5, 0.6) is 0 Å². The maximum absolute atomic E-state index is 13.2. The molecule has 1 unspecified atom stereocenters. The first-order valence-electron chi connectivity index (χ1n) is 11.4. The van der Waals surface area contributed by atoms with Crippen molar-refractivity contribution in [2.45, 2.75) is 84.2 Å². The van der Waals surface area contributed by atoms with Crippen LogP contribution in [0.15, 0.2) is 12.3 Å². The van der Waals surface area contributed by atoms with E-state index < -0.39 is 34.8 Å². The number of carbonyl (C=O) groups is 2. The summed E-state index contributed by atoms with van der Waals surface area (Å²) in [4.78, 5) is 30.9. The molecule has 10 heteroatoms. The van der Waals surface area contributed by atoms with Crippen molar-refractivity contribution in [1.29, 1.82) is 5.26 Å². The van der Waals surface area contributed by atoms with Crippen molar-refractivity contribution in [2.75, 3.05) is 6.54 Å². The number of hydrogen-bond acceptors (Lipinski definition) is 5. The van der Waals surface area contributed by atoms with E-state index in [-0.39, 0.29) is 24.9 Å². The van der Waals surface area contributed by atoms with Crippen LogP contribution in [-0.2, 0) is 28.7 Å². The van der Waals surface area contributed by atoms with Gasteiger partial charge in [0.25, 0.3) is 0 Å². The van der Waals surface area contributed by atoms with Gasteiger partial charge in [0.05, 0.1) is 11.6 Å². The van der Waals surface area contributed by atoms with Gasteiger partial charge in [-0.2, -0.15) is 18.4 Å². The molecule has 1 aromatic heterocycles. The molecule has 2 aliphatic rings. The number of rotatable bonds is 4. The number of alkyl halides is 3. The molecule has 1 aliphatic carbocycles. The van der Waals surface area contributed by atoms with Gasteiger partial charge in [-0.25, -0.2) is 4.79 Å². The van der Waals surface area contributed by atoms with Gasteiger partial charge >= 0.3 is 12.3 Å². The Kier molecular flexibility index (Phi) is 7.15. The first kappa shape index (κ1) is 25.8. The SMILES string of the molecule is CC(C#N)[C@]1(CC(=O)N2CCc3ncc(C(F)(F)F)cc3C2)CC[C@@H](NC(=O)OC(C)(C)C)C1. The summed E-state index contributed by atoms with van der Waals surface area (Å²) in [6.45, 7) is 7.50. The second kappa shape index (κ2) is 9.43. The summed E-state index contributed by atoms with van der Waals surface area (Å²) >= 11 is 0. The molecule has 2 heterocycles. The standard InChI is InChI=1S/C24H31F3N4O3/c1-15(12-28)23(7-5-18(10-23)30-21(33)34-22(2,3)4)11-20(32)31-8-6-19-16(14-31)9-17(13-29-19)24(25,26)27/h9,13,15,18H,5-8,10-11,14H2,1-4H3,(H,30,33)/t15?,18-,23-/m1/s1. The van der Waals surface area contributed by atoms with Crippen LogP contribution in [0.2, 0.25) is 0 Å². The largest absolute Gasteiger partial charge is 0.444 e. The van der Waals surface area contributed by atoms with Crippen LogP contribution in [0.25, 0.3) is 0 Å². The molecule has 34 heavy (non-hydrogen) atoms. The van der Waals surface area contributed by atoms with E-state index in [9.17, 15) is 28.0 Å². The molecule has 1 aromatic rings. The van der Waals surface area contributed by atoms with Gasteiger partial charge in [0.15, 0.2) is 0 Å². The van der Waals surface area contributed by atoms with Crippen molar-refractivity contribution in [3.05, 3.63) is 29.1 Å². The van der Waals surface area contributed by atoms with E-state index in [2.05, 4.69) is 16.4 Å².